The van der Waals surface area contributed by atoms with Crippen molar-refractivity contribution in [2.75, 3.05) is 6.54 Å². The van der Waals surface area contributed by atoms with Crippen molar-refractivity contribution < 1.29 is 24.0 Å². The molecule has 1 aliphatic heterocycles. The fourth-order valence-corrected chi connectivity index (χ4v) is 1.96. The van der Waals surface area contributed by atoms with E-state index in [2.05, 4.69) is 4.84 Å². The van der Waals surface area contributed by atoms with Gasteiger partial charge < -0.3 is 15.3 Å². The van der Waals surface area contributed by atoms with Gasteiger partial charge in [0.1, 0.15) is 11.6 Å². The number of hydrogen-bond donors (Lipinski definition) is 2. The number of urea groups is 1. The van der Waals surface area contributed by atoms with Crippen molar-refractivity contribution in [1.29, 1.82) is 0 Å². The fourth-order valence-electron chi connectivity index (χ4n) is 1.96. The van der Waals surface area contributed by atoms with E-state index >= 15 is 0 Å². The van der Waals surface area contributed by atoms with Gasteiger partial charge in [-0.05, 0) is 33.1 Å². The molecule has 1 unspecified atom stereocenters. The van der Waals surface area contributed by atoms with Crippen molar-refractivity contribution in [3.63, 3.8) is 0 Å². The first kappa shape index (κ1) is 16.1. The topological polar surface area (TPSA) is 111 Å². The predicted octanol–water partition coefficient (Wildman–Crippen LogP) is 0.758. The van der Waals surface area contributed by atoms with Gasteiger partial charge in [-0.15, -0.1) is 0 Å². The van der Waals surface area contributed by atoms with Crippen LogP contribution in [0, 0.1) is 5.92 Å². The molecule has 0 aliphatic carbocycles. The third-order valence-electron chi connectivity index (χ3n) is 2.66. The summed E-state index contributed by atoms with van der Waals surface area (Å²) in [6.45, 7) is 7.53. The predicted molar refractivity (Wildman–Crippen MR) is 69.3 cm³/mol. The van der Waals surface area contributed by atoms with E-state index in [0.29, 0.717) is 13.0 Å². The van der Waals surface area contributed by atoms with Gasteiger partial charge in [0, 0.05) is 6.54 Å². The lowest BCUT2D eigenvalue weighted by atomic mass is 10.1. The molecule has 1 rings (SSSR count). The summed E-state index contributed by atoms with van der Waals surface area (Å²) in [6, 6.07) is -1.76. The van der Waals surface area contributed by atoms with Crippen LogP contribution in [0.25, 0.3) is 0 Å². The number of carbonyl (C=O) groups is 3. The molecule has 0 bridgehead atoms. The van der Waals surface area contributed by atoms with E-state index in [-0.39, 0.29) is 5.92 Å². The van der Waals surface area contributed by atoms with Gasteiger partial charge in [0.2, 0.25) is 0 Å². The van der Waals surface area contributed by atoms with Crippen LogP contribution in [0.3, 0.4) is 0 Å². The van der Waals surface area contributed by atoms with E-state index in [1.54, 1.807) is 26.3 Å². The molecule has 8 heteroatoms. The van der Waals surface area contributed by atoms with Crippen LogP contribution >= 0.6 is 0 Å². The van der Waals surface area contributed by atoms with Gasteiger partial charge in [0.05, 0.1) is 0 Å². The largest absolute Gasteiger partial charge is 0.444 e. The Balaban J connectivity index is 2.70. The summed E-state index contributed by atoms with van der Waals surface area (Å²) in [7, 11) is 0. The monoisotopic (exact) mass is 287 g/mol. The lowest BCUT2D eigenvalue weighted by molar-refractivity contribution is -0.153. The zero-order chi connectivity index (χ0) is 15.5. The first-order chi connectivity index (χ1) is 9.10. The van der Waals surface area contributed by atoms with Gasteiger partial charge in [-0.2, -0.15) is 5.48 Å². The first-order valence-corrected chi connectivity index (χ1v) is 6.36. The van der Waals surface area contributed by atoms with E-state index in [4.69, 9.17) is 10.5 Å². The molecule has 3 amide bonds. The maximum absolute atomic E-state index is 12.0. The average Bonchev–Trinajstić information content (AvgIpc) is 2.66. The molecule has 2 atom stereocenters. The minimum Gasteiger partial charge on any atom is -0.444 e. The Bertz CT molecular complexity index is 404. The van der Waals surface area contributed by atoms with Gasteiger partial charge in [-0.3, -0.25) is 4.90 Å². The lowest BCUT2D eigenvalue weighted by Crippen LogP contribution is -2.46. The van der Waals surface area contributed by atoms with Crippen molar-refractivity contribution in [1.82, 2.24) is 10.4 Å². The second-order valence-corrected chi connectivity index (χ2v) is 5.88. The minimum absolute atomic E-state index is 0.133. The highest BCUT2D eigenvalue weighted by Crippen LogP contribution is 2.25. The number of amides is 3. The average molecular weight is 287 g/mol. The van der Waals surface area contributed by atoms with E-state index in [0.717, 1.165) is 0 Å². The Hall–Kier alpha value is -1.99. The molecule has 8 nitrogen and oxygen atoms in total. The molecule has 0 radical (unpaired) electrons. The number of hydrogen-bond acceptors (Lipinski definition) is 5. The molecule has 0 saturated carbocycles. The number of carbonyl (C=O) groups excluding carboxylic acids is 3. The maximum Gasteiger partial charge on any atom is 0.411 e. The van der Waals surface area contributed by atoms with Crippen molar-refractivity contribution in [2.24, 2.45) is 11.7 Å². The lowest BCUT2D eigenvalue weighted by Gasteiger charge is -2.27. The number of hydroxylamine groups is 1. The van der Waals surface area contributed by atoms with Gasteiger partial charge >= 0.3 is 18.1 Å². The summed E-state index contributed by atoms with van der Waals surface area (Å²) in [5.74, 6) is -0.604. The highest BCUT2D eigenvalue weighted by molar-refractivity contribution is 5.83. The molecule has 0 aromatic carbocycles. The minimum atomic E-state index is -0.979. The second-order valence-electron chi connectivity index (χ2n) is 5.88. The molecule has 0 aromatic heterocycles. The highest BCUT2D eigenvalue weighted by atomic mass is 16.7. The molecule has 1 heterocycles. The number of nitrogens with two attached hydrogens (primary N) is 1. The Morgan fingerprint density at radius 2 is 1.90 bits per heavy atom. The highest BCUT2D eigenvalue weighted by Gasteiger charge is 2.41. The molecule has 3 N–H and O–H groups in total. The summed E-state index contributed by atoms with van der Waals surface area (Å²) in [6.07, 6.45) is -0.138. The van der Waals surface area contributed by atoms with Crippen molar-refractivity contribution in [2.45, 2.75) is 45.8 Å². The zero-order valence-electron chi connectivity index (χ0n) is 12.1. The van der Waals surface area contributed by atoms with Gasteiger partial charge in [-0.1, -0.05) is 6.92 Å². The van der Waals surface area contributed by atoms with Crippen LogP contribution in [-0.4, -0.2) is 41.2 Å². The van der Waals surface area contributed by atoms with Crippen LogP contribution in [0.1, 0.15) is 34.1 Å². The summed E-state index contributed by atoms with van der Waals surface area (Å²) in [5.41, 5.74) is 5.92. The van der Waals surface area contributed by atoms with E-state index in [1.807, 2.05) is 6.92 Å². The van der Waals surface area contributed by atoms with Crippen LogP contribution in [0.4, 0.5) is 9.59 Å². The Labute approximate surface area is 117 Å². The smallest absolute Gasteiger partial charge is 0.411 e. The quantitative estimate of drug-likeness (QED) is 0.691. The number of ether oxygens (including phenoxy) is 1. The molecule has 1 fully saturated rings. The van der Waals surface area contributed by atoms with Gasteiger partial charge in [-0.25, -0.2) is 14.4 Å². The summed E-state index contributed by atoms with van der Waals surface area (Å²) in [4.78, 5) is 40.2. The third-order valence-corrected chi connectivity index (χ3v) is 2.66. The van der Waals surface area contributed by atoms with Gasteiger partial charge in [0.15, 0.2) is 0 Å². The molecular weight excluding hydrogens is 266 g/mol. The molecule has 1 aliphatic rings. The number of nitrogens with one attached hydrogen (secondary N) is 1. The molecule has 0 spiro atoms. The summed E-state index contributed by atoms with van der Waals surface area (Å²) in [5, 5.41) is 0. The Morgan fingerprint density at radius 3 is 2.40 bits per heavy atom. The first-order valence-electron chi connectivity index (χ1n) is 6.36. The summed E-state index contributed by atoms with van der Waals surface area (Å²) < 4.78 is 5.24. The van der Waals surface area contributed by atoms with Gasteiger partial charge in [0.25, 0.3) is 0 Å². The number of nitrogens with zero attached hydrogens (tertiary/aromatic N) is 1. The maximum atomic E-state index is 12.0. The van der Waals surface area contributed by atoms with Crippen LogP contribution in [-0.2, 0) is 14.4 Å². The van der Waals surface area contributed by atoms with E-state index in [1.165, 1.54) is 4.90 Å². The molecule has 114 valence electrons. The van der Waals surface area contributed by atoms with Crippen LogP contribution in [0.15, 0.2) is 0 Å². The van der Waals surface area contributed by atoms with E-state index < -0.39 is 29.7 Å². The van der Waals surface area contributed by atoms with Crippen LogP contribution < -0.4 is 11.2 Å². The second kappa shape index (κ2) is 5.98. The third kappa shape index (κ3) is 4.60. The molecular formula is C12H21N3O5. The Morgan fingerprint density at radius 1 is 1.30 bits per heavy atom. The SMILES string of the molecule is CC1C[C@@H](C(=O)ONC(N)=O)N(C(=O)OC(C)(C)C)C1. The molecule has 0 aromatic rings. The van der Waals surface area contributed by atoms with Crippen molar-refractivity contribution in [3.05, 3.63) is 0 Å². The zero-order valence-corrected chi connectivity index (χ0v) is 12.1. The number of primary amides is 1. The standard InChI is InChI=1S/C12H21N3O5/c1-7-5-8(9(16)20-14-10(13)17)15(6-7)11(18)19-12(2,3)4/h7-8H,5-6H2,1-4H3,(H3,13,14,17)/t7?,8-/m0/s1. The normalized spacial score (nSPS) is 22.3. The van der Waals surface area contributed by atoms with Crippen molar-refractivity contribution in [3.8, 4) is 0 Å². The Kier molecular flexibility index (Phi) is 4.80. The van der Waals surface area contributed by atoms with Crippen LogP contribution in [0.5, 0.6) is 0 Å². The van der Waals surface area contributed by atoms with E-state index in [9.17, 15) is 14.4 Å². The molecule has 1 saturated heterocycles. The number of likely N-dealkylation sites (tertiary alicyclic amines) is 1. The summed E-state index contributed by atoms with van der Waals surface area (Å²) >= 11 is 0. The van der Waals surface area contributed by atoms with Crippen LogP contribution in [0.2, 0.25) is 0 Å². The molecule has 20 heavy (non-hydrogen) atoms. The van der Waals surface area contributed by atoms with Crippen molar-refractivity contribution >= 4 is 18.1 Å². The fraction of sp³-hybridized carbons (Fsp3) is 0.750. The number of rotatable bonds is 1.